The zero-order valence-corrected chi connectivity index (χ0v) is 22.9. The van der Waals surface area contributed by atoms with Gasteiger partial charge in [0.1, 0.15) is 28.1 Å². The van der Waals surface area contributed by atoms with Gasteiger partial charge in [-0.2, -0.15) is 4.40 Å². The van der Waals surface area contributed by atoms with E-state index in [0.29, 0.717) is 0 Å². The predicted molar refractivity (Wildman–Crippen MR) is 167 cm³/mol. The van der Waals surface area contributed by atoms with Crippen LogP contribution in [0.3, 0.4) is 0 Å². The van der Waals surface area contributed by atoms with Gasteiger partial charge in [-0.15, -0.1) is 20.5 Å². The van der Waals surface area contributed by atoms with Gasteiger partial charge in [-0.3, -0.25) is 0 Å². The molecule has 1 atom stereocenters. The molecule has 1 spiro atoms. The van der Waals surface area contributed by atoms with Crippen molar-refractivity contribution in [2.45, 2.75) is 5.66 Å². The first kappa shape index (κ1) is 20.6. The van der Waals surface area contributed by atoms with Gasteiger partial charge in [-0.25, -0.2) is 0 Å². The Morgan fingerprint density at radius 1 is 0.643 bits per heavy atom. The van der Waals surface area contributed by atoms with Gasteiger partial charge in [0.15, 0.2) is 17.2 Å². The molecule has 5 aromatic carbocycles. The highest BCUT2D eigenvalue weighted by Gasteiger charge is 2.68. The number of benzene rings is 5. The van der Waals surface area contributed by atoms with Crippen molar-refractivity contribution in [3.8, 4) is 22.8 Å². The summed E-state index contributed by atoms with van der Waals surface area (Å²) in [6.45, 7) is 0. The minimum atomic E-state index is -0.576. The first-order chi connectivity index (χ1) is 20.8. The van der Waals surface area contributed by atoms with Crippen LogP contribution in [0, 0.1) is 0 Å². The normalized spacial score (nSPS) is 17.3. The Morgan fingerprint density at radius 3 is 2.52 bits per heavy atom. The number of aromatic nitrogens is 3. The molecule has 42 heavy (non-hydrogen) atoms. The first-order valence-electron chi connectivity index (χ1n) is 14.4. The minimum Gasteiger partial charge on any atom is -0.456 e. The minimum absolute atomic E-state index is 0.576. The Balaban J connectivity index is 1.42. The van der Waals surface area contributed by atoms with Gasteiger partial charge in [0, 0.05) is 49.1 Å². The number of pyridine rings is 2. The van der Waals surface area contributed by atoms with Crippen LogP contribution in [0.5, 0.6) is 11.5 Å². The average Bonchev–Trinajstić information content (AvgIpc) is 3.75. The van der Waals surface area contributed by atoms with Crippen LogP contribution in [0.4, 0.5) is 0 Å². The average molecular weight is 554 g/mol. The van der Waals surface area contributed by atoms with Gasteiger partial charge < -0.3 is 4.74 Å². The molecule has 9 aromatic rings. The highest BCUT2D eigenvalue weighted by molar-refractivity contribution is 7.25. The summed E-state index contributed by atoms with van der Waals surface area (Å²) in [5.74, 6) is 1.87. The number of rotatable bonds is 0. The molecule has 0 saturated heterocycles. The predicted octanol–water partition coefficient (Wildman–Crippen LogP) is 8.04. The lowest BCUT2D eigenvalue weighted by molar-refractivity contribution is -0.940. The lowest BCUT2D eigenvalue weighted by Gasteiger charge is -2.28. The van der Waals surface area contributed by atoms with E-state index in [-0.39, 0.29) is 0 Å². The third kappa shape index (κ3) is 1.94. The van der Waals surface area contributed by atoms with Crippen LogP contribution in [0.25, 0.3) is 69.8 Å². The van der Waals surface area contributed by atoms with E-state index in [2.05, 4.69) is 129 Å². The van der Waals surface area contributed by atoms with Crippen LogP contribution in [-0.4, -0.2) is 4.40 Å². The quantitative estimate of drug-likeness (QED) is 0.138. The molecule has 0 radical (unpaired) electrons. The maximum absolute atomic E-state index is 6.79. The Kier molecular flexibility index (Phi) is 3.17. The van der Waals surface area contributed by atoms with Crippen molar-refractivity contribution in [2.75, 3.05) is 0 Å². The van der Waals surface area contributed by atoms with Crippen molar-refractivity contribution in [2.24, 2.45) is 0 Å². The van der Waals surface area contributed by atoms with E-state index in [9.17, 15) is 0 Å². The summed E-state index contributed by atoms with van der Waals surface area (Å²) in [5, 5.41) is 6.48. The van der Waals surface area contributed by atoms with Gasteiger partial charge in [0.25, 0.3) is 0 Å². The van der Waals surface area contributed by atoms with Crippen LogP contribution in [-0.2, 0) is 5.66 Å². The molecule has 3 aliphatic rings. The molecule has 0 saturated carbocycles. The number of nitrogens with zero attached hydrogens (tertiary/aromatic N) is 3. The number of para-hydroxylation sites is 2. The second-order valence-corrected chi connectivity index (χ2v) is 12.8. The van der Waals surface area contributed by atoms with E-state index in [1.54, 1.807) is 0 Å². The summed E-state index contributed by atoms with van der Waals surface area (Å²) in [7, 11) is 0. The summed E-state index contributed by atoms with van der Waals surface area (Å²) in [6.07, 6.45) is 2.26. The molecule has 0 amide bonds. The Bertz CT molecular complexity index is 2790. The molecular weight excluding hydrogens is 534 g/mol. The smallest absolute Gasteiger partial charge is 0.372 e. The SMILES string of the molecule is c1cc2c3c(c1)-c1cccc[n+]1C31c3c(ccc4c5cc6c(cc5n5c7ccccc7[n+]1c5c34)sc1ccccc16)O2. The van der Waals surface area contributed by atoms with Crippen LogP contribution >= 0.6 is 11.3 Å². The molecule has 7 heterocycles. The third-order valence-corrected chi connectivity index (χ3v) is 11.1. The molecule has 12 rings (SSSR count). The summed E-state index contributed by atoms with van der Waals surface area (Å²) in [6, 6.07) is 40.1. The Morgan fingerprint density at radius 2 is 1.52 bits per heavy atom. The Labute approximate surface area is 242 Å². The molecule has 5 heteroatoms. The van der Waals surface area contributed by atoms with Crippen LogP contribution in [0.1, 0.15) is 11.1 Å². The number of imidazole rings is 1. The molecule has 0 N–H and O–H groups in total. The van der Waals surface area contributed by atoms with Crippen LogP contribution in [0.15, 0.2) is 115 Å². The highest BCUT2D eigenvalue weighted by atomic mass is 32.1. The molecule has 0 fully saturated rings. The fourth-order valence-corrected chi connectivity index (χ4v) is 9.67. The number of ether oxygens (including phenoxy) is 1. The zero-order chi connectivity index (χ0) is 26.9. The maximum Gasteiger partial charge on any atom is 0.372 e. The van der Waals surface area contributed by atoms with E-state index >= 15 is 0 Å². The maximum atomic E-state index is 6.79. The van der Waals surface area contributed by atoms with Crippen molar-refractivity contribution < 1.29 is 13.9 Å². The lowest BCUT2D eigenvalue weighted by atomic mass is 9.85. The molecule has 3 aliphatic heterocycles. The number of hydrogen-bond donors (Lipinski definition) is 0. The summed E-state index contributed by atoms with van der Waals surface area (Å²) in [5.41, 5.74) is 9.25. The van der Waals surface area contributed by atoms with Crippen molar-refractivity contribution in [1.82, 2.24) is 4.40 Å². The Hall–Kier alpha value is -5.26. The fraction of sp³-hybridized carbons (Fsp3) is 0.0270. The first-order valence-corrected chi connectivity index (χ1v) is 15.2. The summed E-state index contributed by atoms with van der Waals surface area (Å²) >= 11 is 1.88. The van der Waals surface area contributed by atoms with Crippen molar-refractivity contribution in [3.05, 3.63) is 127 Å². The topological polar surface area (TPSA) is 21.4 Å². The zero-order valence-electron chi connectivity index (χ0n) is 22.1. The number of thiophene rings is 1. The summed E-state index contributed by atoms with van der Waals surface area (Å²) < 4.78 is 17.1. The standard InChI is InChI=1S/C37H19N3OS/c1-4-14-31-20(8-1)24-18-23-21-15-16-30-35-33(21)36-39(28(23)19-32(24)42-31)26-11-2-3-12-27(26)40(36)37(35)34-22(9-7-13-29(34)41-30)25-10-5-6-17-38(25)37/h1-19H/q+2. The van der Waals surface area contributed by atoms with Gasteiger partial charge >= 0.3 is 11.3 Å². The lowest BCUT2D eigenvalue weighted by Crippen LogP contribution is -2.71. The van der Waals surface area contributed by atoms with E-state index in [1.807, 2.05) is 11.3 Å². The van der Waals surface area contributed by atoms with E-state index < -0.39 is 5.66 Å². The van der Waals surface area contributed by atoms with Gasteiger partial charge in [0.05, 0.1) is 10.9 Å². The van der Waals surface area contributed by atoms with Crippen LogP contribution < -0.4 is 13.9 Å². The van der Waals surface area contributed by atoms with Gasteiger partial charge in [0.2, 0.25) is 5.69 Å². The van der Waals surface area contributed by atoms with Gasteiger partial charge in [-0.05, 0) is 54.6 Å². The second kappa shape index (κ2) is 6.46. The molecular formula is C37H19N3OS+2. The highest BCUT2D eigenvalue weighted by Crippen LogP contribution is 2.58. The molecule has 4 aromatic heterocycles. The molecule has 0 bridgehead atoms. The van der Waals surface area contributed by atoms with E-state index in [0.717, 1.165) is 11.5 Å². The van der Waals surface area contributed by atoms with E-state index in [4.69, 9.17) is 4.74 Å². The molecule has 4 nitrogen and oxygen atoms in total. The van der Waals surface area contributed by atoms with Crippen LogP contribution in [0.2, 0.25) is 0 Å². The molecule has 0 aliphatic carbocycles. The number of hydrogen-bond acceptors (Lipinski definition) is 2. The van der Waals surface area contributed by atoms with Crippen molar-refractivity contribution >= 4 is 69.9 Å². The second-order valence-electron chi connectivity index (χ2n) is 11.7. The molecule has 192 valence electrons. The monoisotopic (exact) mass is 553 g/mol. The third-order valence-electron chi connectivity index (χ3n) is 9.96. The largest absolute Gasteiger partial charge is 0.456 e. The number of fused-ring (bicyclic) bond motifs is 11. The summed E-state index contributed by atoms with van der Waals surface area (Å²) in [4.78, 5) is 0. The van der Waals surface area contributed by atoms with Gasteiger partial charge in [-0.1, -0.05) is 36.4 Å². The molecule has 1 unspecified atom stereocenters. The van der Waals surface area contributed by atoms with Crippen molar-refractivity contribution in [1.29, 1.82) is 0 Å². The van der Waals surface area contributed by atoms with E-state index in [1.165, 1.54) is 80.9 Å². The fourth-order valence-electron chi connectivity index (χ4n) is 8.55. The van der Waals surface area contributed by atoms with Crippen molar-refractivity contribution in [3.63, 3.8) is 0 Å².